The van der Waals surface area contributed by atoms with Crippen LogP contribution in [0, 0.1) is 0 Å². The molecule has 1 aromatic carbocycles. The highest BCUT2D eigenvalue weighted by Gasteiger charge is 2.23. The predicted octanol–water partition coefficient (Wildman–Crippen LogP) is 4.37. The van der Waals surface area contributed by atoms with Gasteiger partial charge in [-0.1, -0.05) is 50.5 Å². The van der Waals surface area contributed by atoms with Gasteiger partial charge in [-0.25, -0.2) is 0 Å². The van der Waals surface area contributed by atoms with Crippen molar-refractivity contribution in [1.82, 2.24) is 0 Å². The van der Waals surface area contributed by atoms with E-state index in [0.29, 0.717) is 12.8 Å². The third kappa shape index (κ3) is 4.80. The summed E-state index contributed by atoms with van der Waals surface area (Å²) in [6, 6.07) is 9.45. The van der Waals surface area contributed by atoms with E-state index in [9.17, 15) is 4.57 Å². The lowest BCUT2D eigenvalue weighted by molar-refractivity contribution is 0.310. The van der Waals surface area contributed by atoms with Crippen molar-refractivity contribution < 1.29 is 9.09 Å². The molecule has 0 aliphatic rings. The van der Waals surface area contributed by atoms with Crippen LogP contribution in [0.2, 0.25) is 0 Å². The fraction of sp³-hybridized carbons (Fsp3) is 0.467. The minimum absolute atomic E-state index is 0.408. The molecule has 1 aromatic rings. The van der Waals surface area contributed by atoms with Gasteiger partial charge in [0.15, 0.2) is 0 Å². The maximum Gasteiger partial charge on any atom is 0.235 e. The van der Waals surface area contributed by atoms with Crippen LogP contribution < -0.4 is 5.30 Å². The van der Waals surface area contributed by atoms with Crippen LogP contribution in [0.5, 0.6) is 0 Å². The van der Waals surface area contributed by atoms with E-state index >= 15 is 0 Å². The first-order valence-electron chi connectivity index (χ1n) is 6.63. The molecule has 100 valence electrons. The predicted molar refractivity (Wildman–Crippen MR) is 78.8 cm³/mol. The normalized spacial score (nSPS) is 14.1. The lowest BCUT2D eigenvalue weighted by Crippen LogP contribution is -2.10. The second kappa shape index (κ2) is 8.29. The molecule has 0 radical (unpaired) electrons. The molecule has 0 bridgehead atoms. The van der Waals surface area contributed by atoms with Crippen LogP contribution in [-0.2, 0) is 9.09 Å². The third-order valence-electron chi connectivity index (χ3n) is 2.82. The summed E-state index contributed by atoms with van der Waals surface area (Å²) >= 11 is 0. The molecule has 3 heteroatoms. The summed E-state index contributed by atoms with van der Waals surface area (Å²) in [5, 5.41) is 0.792. The molecule has 0 heterocycles. The zero-order chi connectivity index (χ0) is 13.3. The summed E-state index contributed by atoms with van der Waals surface area (Å²) in [5.74, 6) is 0. The summed E-state index contributed by atoms with van der Waals surface area (Å²) in [6.07, 6.45) is 6.61. The molecule has 0 aliphatic heterocycles. The molecule has 0 spiro atoms. The van der Waals surface area contributed by atoms with E-state index < -0.39 is 7.37 Å². The molecule has 0 aromatic heterocycles. The first-order valence-corrected chi connectivity index (χ1v) is 8.44. The Morgan fingerprint density at radius 2 is 1.94 bits per heavy atom. The van der Waals surface area contributed by atoms with Gasteiger partial charge in [0, 0.05) is 11.5 Å². The highest BCUT2D eigenvalue weighted by molar-refractivity contribution is 7.67. The summed E-state index contributed by atoms with van der Waals surface area (Å²) in [6.45, 7) is 6.42. The van der Waals surface area contributed by atoms with Crippen molar-refractivity contribution in [2.75, 3.05) is 12.8 Å². The number of hydrogen-bond acceptors (Lipinski definition) is 2. The standard InChI is InChI=1S/C15H23O2P/c1-3-5-6-10-13-17-18(16,14-4-2)15-11-8-7-9-12-15/h4,7-9,11-12H,2-3,5-6,10,13-14H2,1H3. The van der Waals surface area contributed by atoms with Crippen LogP contribution in [0.3, 0.4) is 0 Å². The van der Waals surface area contributed by atoms with Crippen LogP contribution in [0.15, 0.2) is 43.0 Å². The van der Waals surface area contributed by atoms with Gasteiger partial charge >= 0.3 is 0 Å². The van der Waals surface area contributed by atoms with Gasteiger partial charge < -0.3 is 4.52 Å². The van der Waals surface area contributed by atoms with E-state index in [4.69, 9.17) is 4.52 Å². The molecule has 0 saturated carbocycles. The molecule has 2 nitrogen and oxygen atoms in total. The Hall–Kier alpha value is -0.850. The Labute approximate surface area is 111 Å². The average molecular weight is 266 g/mol. The van der Waals surface area contributed by atoms with Gasteiger partial charge in [0.1, 0.15) is 0 Å². The second-order valence-electron chi connectivity index (χ2n) is 4.37. The Kier molecular flexibility index (Phi) is 7.00. The average Bonchev–Trinajstić information content (AvgIpc) is 2.40. The number of allylic oxidation sites excluding steroid dienone is 1. The van der Waals surface area contributed by atoms with Crippen molar-refractivity contribution >= 4 is 12.7 Å². The van der Waals surface area contributed by atoms with Crippen molar-refractivity contribution in [2.24, 2.45) is 0 Å². The molecular weight excluding hydrogens is 243 g/mol. The van der Waals surface area contributed by atoms with Gasteiger partial charge in [-0.2, -0.15) is 0 Å². The monoisotopic (exact) mass is 266 g/mol. The van der Waals surface area contributed by atoms with Crippen LogP contribution >= 0.6 is 7.37 Å². The summed E-state index contributed by atoms with van der Waals surface area (Å²) < 4.78 is 18.4. The quantitative estimate of drug-likeness (QED) is 0.377. The van der Waals surface area contributed by atoms with Crippen molar-refractivity contribution in [3.8, 4) is 0 Å². The lowest BCUT2D eigenvalue weighted by Gasteiger charge is -2.17. The Balaban J connectivity index is 2.58. The Morgan fingerprint density at radius 3 is 2.56 bits per heavy atom. The van der Waals surface area contributed by atoms with Crippen LogP contribution in [0.4, 0.5) is 0 Å². The van der Waals surface area contributed by atoms with E-state index in [1.54, 1.807) is 6.08 Å². The molecule has 0 N–H and O–H groups in total. The molecule has 0 amide bonds. The number of unbranched alkanes of at least 4 members (excludes halogenated alkanes) is 3. The minimum atomic E-state index is -2.74. The summed E-state index contributed by atoms with van der Waals surface area (Å²) in [7, 11) is -2.74. The third-order valence-corrected chi connectivity index (χ3v) is 5.24. The lowest BCUT2D eigenvalue weighted by atomic mass is 10.2. The van der Waals surface area contributed by atoms with E-state index in [1.807, 2.05) is 30.3 Å². The molecule has 1 rings (SSSR count). The van der Waals surface area contributed by atoms with Gasteiger partial charge in [-0.05, 0) is 18.6 Å². The number of rotatable bonds is 9. The van der Waals surface area contributed by atoms with E-state index in [1.165, 1.54) is 12.8 Å². The van der Waals surface area contributed by atoms with Gasteiger partial charge in [-0.15, -0.1) is 6.58 Å². The highest BCUT2D eigenvalue weighted by Crippen LogP contribution is 2.45. The number of hydrogen-bond donors (Lipinski definition) is 0. The maximum absolute atomic E-state index is 12.8. The van der Waals surface area contributed by atoms with E-state index in [2.05, 4.69) is 13.5 Å². The van der Waals surface area contributed by atoms with Crippen LogP contribution in [0.25, 0.3) is 0 Å². The zero-order valence-electron chi connectivity index (χ0n) is 11.2. The largest absolute Gasteiger partial charge is 0.325 e. The molecule has 0 saturated heterocycles. The van der Waals surface area contributed by atoms with Gasteiger partial charge in [0.25, 0.3) is 0 Å². The first-order chi connectivity index (χ1) is 8.73. The Morgan fingerprint density at radius 1 is 1.22 bits per heavy atom. The minimum Gasteiger partial charge on any atom is -0.325 e. The van der Waals surface area contributed by atoms with Crippen molar-refractivity contribution in [2.45, 2.75) is 32.6 Å². The van der Waals surface area contributed by atoms with Gasteiger partial charge in [-0.3, -0.25) is 4.57 Å². The highest BCUT2D eigenvalue weighted by atomic mass is 31.2. The number of benzene rings is 1. The maximum atomic E-state index is 12.8. The summed E-state index contributed by atoms with van der Waals surface area (Å²) in [5.41, 5.74) is 0. The van der Waals surface area contributed by atoms with Crippen LogP contribution in [0.1, 0.15) is 32.6 Å². The van der Waals surface area contributed by atoms with Crippen molar-refractivity contribution in [1.29, 1.82) is 0 Å². The first kappa shape index (κ1) is 15.2. The smallest absolute Gasteiger partial charge is 0.235 e. The van der Waals surface area contributed by atoms with Crippen LogP contribution in [-0.4, -0.2) is 12.8 Å². The molecule has 0 aliphatic carbocycles. The fourth-order valence-electron chi connectivity index (χ4n) is 1.80. The topological polar surface area (TPSA) is 26.3 Å². The summed E-state index contributed by atoms with van der Waals surface area (Å²) in [4.78, 5) is 0. The molecular formula is C15H23O2P. The van der Waals surface area contributed by atoms with E-state index in [0.717, 1.165) is 18.1 Å². The van der Waals surface area contributed by atoms with Gasteiger partial charge in [0.05, 0.1) is 6.61 Å². The van der Waals surface area contributed by atoms with Crippen molar-refractivity contribution in [3.63, 3.8) is 0 Å². The van der Waals surface area contributed by atoms with Gasteiger partial charge in [0.2, 0.25) is 7.37 Å². The molecule has 1 unspecified atom stereocenters. The SMILES string of the molecule is C=CCP(=O)(OCCCCCC)c1ccccc1. The molecule has 18 heavy (non-hydrogen) atoms. The zero-order valence-corrected chi connectivity index (χ0v) is 12.1. The Bertz CT molecular complexity index is 387. The second-order valence-corrected chi connectivity index (χ2v) is 6.86. The fourth-order valence-corrected chi connectivity index (χ4v) is 3.65. The van der Waals surface area contributed by atoms with E-state index in [-0.39, 0.29) is 0 Å². The molecule has 1 atom stereocenters. The van der Waals surface area contributed by atoms with Crippen molar-refractivity contribution in [3.05, 3.63) is 43.0 Å². The molecule has 0 fully saturated rings.